The van der Waals surface area contributed by atoms with Crippen LogP contribution >= 0.6 is 11.3 Å². The van der Waals surface area contributed by atoms with Crippen molar-refractivity contribution >= 4 is 34.2 Å². The van der Waals surface area contributed by atoms with Gasteiger partial charge in [0, 0.05) is 16.7 Å². The topological polar surface area (TPSA) is 103 Å². The summed E-state index contributed by atoms with van der Waals surface area (Å²) in [7, 11) is 0. The summed E-state index contributed by atoms with van der Waals surface area (Å²) in [5.74, 6) is 0.605. The van der Waals surface area contributed by atoms with Gasteiger partial charge in [0.05, 0.1) is 40.1 Å². The second kappa shape index (κ2) is 13.5. The molecule has 0 fully saturated rings. The highest BCUT2D eigenvalue weighted by atomic mass is 32.1. The minimum absolute atomic E-state index is 0.131. The fraction of sp³-hybridized carbons (Fsp3) is 0.211. The Morgan fingerprint density at radius 3 is 2.55 bits per heavy atom. The molecule has 1 aromatic heterocycles. The van der Waals surface area contributed by atoms with Crippen molar-refractivity contribution in [2.24, 2.45) is 4.99 Å². The first-order valence-corrected chi connectivity index (χ1v) is 16.2. The molecule has 0 saturated carbocycles. The maximum absolute atomic E-state index is 14.5. The fourth-order valence-corrected chi connectivity index (χ4v) is 6.77. The predicted octanol–water partition coefficient (Wildman–Crippen LogP) is 6.19. The second-order valence-electron chi connectivity index (χ2n) is 11.3. The first kappa shape index (κ1) is 31.5. The number of fused-ring (bicyclic) bond motifs is 2. The number of para-hydroxylation sites is 1. The first-order valence-electron chi connectivity index (χ1n) is 15.4. The summed E-state index contributed by atoms with van der Waals surface area (Å²) in [6.07, 6.45) is 1.70. The number of benzene rings is 4. The van der Waals surface area contributed by atoms with Crippen LogP contribution in [-0.2, 0) is 16.1 Å². The van der Waals surface area contributed by atoms with E-state index in [2.05, 4.69) is 6.07 Å². The highest BCUT2D eigenvalue weighted by Crippen LogP contribution is 2.36. The lowest BCUT2D eigenvalue weighted by Crippen LogP contribution is -2.40. The molecule has 1 aliphatic heterocycles. The monoisotopic (exact) mass is 643 g/mol. The predicted molar refractivity (Wildman–Crippen MR) is 182 cm³/mol. The summed E-state index contributed by atoms with van der Waals surface area (Å²) in [5.41, 5.74) is 3.15. The molecular formula is C38H33N3O5S. The van der Waals surface area contributed by atoms with Gasteiger partial charge in [-0.25, -0.2) is 9.79 Å². The maximum atomic E-state index is 14.5. The van der Waals surface area contributed by atoms with Crippen LogP contribution in [0.4, 0.5) is 0 Å². The van der Waals surface area contributed by atoms with E-state index in [0.717, 1.165) is 21.9 Å². The molecule has 9 heteroatoms. The molecule has 0 saturated heterocycles. The number of aromatic nitrogens is 1. The summed E-state index contributed by atoms with van der Waals surface area (Å²) in [4.78, 5) is 33.1. The summed E-state index contributed by atoms with van der Waals surface area (Å²) in [5, 5.41) is 11.5. The van der Waals surface area contributed by atoms with Crippen LogP contribution in [0.2, 0.25) is 0 Å². The number of esters is 1. The van der Waals surface area contributed by atoms with E-state index in [4.69, 9.17) is 19.2 Å². The van der Waals surface area contributed by atoms with Crippen molar-refractivity contribution in [3.8, 4) is 17.6 Å². The molecule has 1 atom stereocenters. The lowest BCUT2D eigenvalue weighted by atomic mass is 9.95. The normalized spacial score (nSPS) is 14.5. The lowest BCUT2D eigenvalue weighted by molar-refractivity contribution is -0.139. The smallest absolute Gasteiger partial charge is 0.338 e. The molecule has 8 nitrogen and oxygen atoms in total. The molecule has 0 spiro atoms. The third-order valence-electron chi connectivity index (χ3n) is 7.82. The van der Waals surface area contributed by atoms with Crippen molar-refractivity contribution in [1.82, 2.24) is 4.57 Å². The Labute approximate surface area is 276 Å². The molecule has 2 heterocycles. The molecular weight excluding hydrogens is 611 g/mol. The van der Waals surface area contributed by atoms with Crippen molar-refractivity contribution in [2.45, 2.75) is 46.4 Å². The van der Waals surface area contributed by atoms with E-state index in [1.54, 1.807) is 24.5 Å². The number of hydrogen-bond acceptors (Lipinski definition) is 8. The lowest BCUT2D eigenvalue weighted by Gasteiger charge is -2.26. The second-order valence-corrected chi connectivity index (χ2v) is 12.3. The van der Waals surface area contributed by atoms with Crippen LogP contribution in [0.1, 0.15) is 56.0 Å². The third-order valence-corrected chi connectivity index (χ3v) is 8.80. The Morgan fingerprint density at radius 2 is 1.77 bits per heavy atom. The quantitative estimate of drug-likeness (QED) is 0.178. The number of ether oxygens (including phenoxy) is 3. The Morgan fingerprint density at radius 1 is 1.02 bits per heavy atom. The van der Waals surface area contributed by atoms with Gasteiger partial charge in [-0.15, -0.1) is 0 Å². The van der Waals surface area contributed by atoms with Crippen LogP contribution in [0, 0.1) is 11.3 Å². The van der Waals surface area contributed by atoms with Crippen LogP contribution in [0.15, 0.2) is 106 Å². The number of carbonyl (C=O) groups excluding carboxylic acids is 1. The number of nitriles is 1. The number of carbonyl (C=O) groups is 1. The minimum Gasteiger partial charge on any atom is -0.491 e. The van der Waals surface area contributed by atoms with E-state index in [9.17, 15) is 14.9 Å². The van der Waals surface area contributed by atoms with Crippen molar-refractivity contribution in [2.75, 3.05) is 6.61 Å². The average Bonchev–Trinajstić information content (AvgIpc) is 3.37. The van der Waals surface area contributed by atoms with Gasteiger partial charge in [-0.3, -0.25) is 9.36 Å². The summed E-state index contributed by atoms with van der Waals surface area (Å²) < 4.78 is 19.9. The van der Waals surface area contributed by atoms with E-state index >= 15 is 0 Å². The van der Waals surface area contributed by atoms with E-state index in [1.807, 2.05) is 98.8 Å². The van der Waals surface area contributed by atoms with Gasteiger partial charge in [0.1, 0.15) is 24.1 Å². The van der Waals surface area contributed by atoms with E-state index in [-0.39, 0.29) is 30.5 Å². The SMILES string of the molecule is CCOC(=O)C1=C(C)N=c2s/c(=C\c3c(OCc4ccccc4C#N)ccc4ccccc34)c(=O)n2[C@H]1c1ccccc1OC(C)C. The Kier molecular flexibility index (Phi) is 9.05. The molecule has 0 amide bonds. The standard InChI is InChI=1S/C38H33N3O5S/c1-5-44-37(43)34-24(4)40-38-41(35(34)29-16-10-11-17-32(29)46-23(2)3)36(42)33(47-38)20-30-28-15-9-8-12-25(28)18-19-31(30)45-22-27-14-7-6-13-26(27)21-39/h6-20,23,35H,5,22H2,1-4H3/b33-20-/t35-/m0/s1. The van der Waals surface area contributed by atoms with Crippen LogP contribution in [0.5, 0.6) is 11.5 Å². The van der Waals surface area contributed by atoms with Crippen molar-refractivity contribution < 1.29 is 19.0 Å². The molecule has 6 rings (SSSR count). The Bertz CT molecular complexity index is 2260. The van der Waals surface area contributed by atoms with Gasteiger partial charge in [0.25, 0.3) is 5.56 Å². The molecule has 0 unspecified atom stereocenters. The first-order chi connectivity index (χ1) is 22.8. The van der Waals surface area contributed by atoms with Gasteiger partial charge in [-0.1, -0.05) is 78.1 Å². The summed E-state index contributed by atoms with van der Waals surface area (Å²) >= 11 is 1.25. The molecule has 0 N–H and O–H groups in total. The molecule has 4 aromatic carbocycles. The molecule has 236 valence electrons. The van der Waals surface area contributed by atoms with Crippen LogP contribution in [-0.4, -0.2) is 23.2 Å². The van der Waals surface area contributed by atoms with Gasteiger partial charge >= 0.3 is 5.97 Å². The van der Waals surface area contributed by atoms with Crippen molar-refractivity contribution in [1.29, 1.82) is 5.26 Å². The van der Waals surface area contributed by atoms with E-state index in [0.29, 0.717) is 37.7 Å². The third kappa shape index (κ3) is 6.20. The molecule has 0 radical (unpaired) electrons. The number of hydrogen-bond donors (Lipinski definition) is 0. The van der Waals surface area contributed by atoms with Crippen molar-refractivity contribution in [3.63, 3.8) is 0 Å². The number of rotatable bonds is 9. The van der Waals surface area contributed by atoms with E-state index < -0.39 is 12.0 Å². The van der Waals surface area contributed by atoms with Gasteiger partial charge in [0.15, 0.2) is 4.80 Å². The average molecular weight is 644 g/mol. The van der Waals surface area contributed by atoms with Gasteiger partial charge in [-0.2, -0.15) is 5.26 Å². The summed E-state index contributed by atoms with van der Waals surface area (Å²) in [6.45, 7) is 7.73. The minimum atomic E-state index is -0.812. The van der Waals surface area contributed by atoms with E-state index in [1.165, 1.54) is 11.3 Å². The highest BCUT2D eigenvalue weighted by molar-refractivity contribution is 7.07. The zero-order valence-corrected chi connectivity index (χ0v) is 27.3. The van der Waals surface area contributed by atoms with Crippen LogP contribution in [0.25, 0.3) is 16.8 Å². The zero-order chi connectivity index (χ0) is 33.1. The van der Waals surface area contributed by atoms with Gasteiger partial charge < -0.3 is 14.2 Å². The largest absolute Gasteiger partial charge is 0.491 e. The number of thiazole rings is 1. The Hall–Kier alpha value is -5.46. The van der Waals surface area contributed by atoms with Crippen molar-refractivity contribution in [3.05, 3.63) is 138 Å². The molecule has 0 aliphatic carbocycles. The highest BCUT2D eigenvalue weighted by Gasteiger charge is 2.35. The molecule has 1 aliphatic rings. The van der Waals surface area contributed by atoms with Crippen LogP contribution < -0.4 is 24.4 Å². The maximum Gasteiger partial charge on any atom is 0.338 e. The number of allylic oxidation sites excluding steroid dienone is 1. The Balaban J connectivity index is 1.55. The van der Waals surface area contributed by atoms with Gasteiger partial charge in [0.2, 0.25) is 0 Å². The number of nitrogens with zero attached hydrogens (tertiary/aromatic N) is 3. The molecule has 5 aromatic rings. The molecule has 0 bridgehead atoms. The molecule has 47 heavy (non-hydrogen) atoms. The summed E-state index contributed by atoms with van der Waals surface area (Å²) in [6, 6.07) is 27.9. The zero-order valence-electron chi connectivity index (χ0n) is 26.5. The van der Waals surface area contributed by atoms with Crippen LogP contribution in [0.3, 0.4) is 0 Å². The fourth-order valence-electron chi connectivity index (χ4n) is 5.75. The van der Waals surface area contributed by atoms with Gasteiger partial charge in [-0.05, 0) is 62.7 Å².